The third kappa shape index (κ3) is 3.57. The first-order valence-electron chi connectivity index (χ1n) is 10.4. The van der Waals surface area contributed by atoms with Crippen molar-refractivity contribution < 1.29 is 4.74 Å². The predicted molar refractivity (Wildman–Crippen MR) is 111 cm³/mol. The number of aromatic nitrogens is 2. The van der Waals surface area contributed by atoms with Crippen molar-refractivity contribution in [2.24, 2.45) is 0 Å². The van der Waals surface area contributed by atoms with Gasteiger partial charge in [0.05, 0.1) is 12.1 Å². The van der Waals surface area contributed by atoms with Crippen LogP contribution in [0, 0.1) is 0 Å². The minimum Gasteiger partial charge on any atom is -0.471 e. The standard InChI is InChI=1S/C24H27N3O/c1-3-7-19(8-4-1)18-28-24-23(20-9-5-2-6-10-20)17-26(25-24)15-16-27-21-11-12-22(27)14-13-21/h1-10,17,21-22H,11-16,18H2. The minimum absolute atomic E-state index is 0.536. The monoisotopic (exact) mass is 373 g/mol. The van der Waals surface area contributed by atoms with Crippen LogP contribution in [0.3, 0.4) is 0 Å². The number of hydrogen-bond acceptors (Lipinski definition) is 3. The number of nitrogens with zero attached hydrogens (tertiary/aromatic N) is 3. The second-order valence-corrected chi connectivity index (χ2v) is 7.95. The molecule has 4 heteroatoms. The summed E-state index contributed by atoms with van der Waals surface area (Å²) in [7, 11) is 0. The molecule has 0 amide bonds. The van der Waals surface area contributed by atoms with Gasteiger partial charge in [0.2, 0.25) is 5.88 Å². The fraction of sp³-hybridized carbons (Fsp3) is 0.375. The van der Waals surface area contributed by atoms with Crippen LogP contribution in [-0.2, 0) is 13.2 Å². The van der Waals surface area contributed by atoms with E-state index in [1.54, 1.807) is 0 Å². The van der Waals surface area contributed by atoms with Gasteiger partial charge in [-0.15, -0.1) is 5.10 Å². The van der Waals surface area contributed by atoms with Gasteiger partial charge in [0.15, 0.2) is 0 Å². The van der Waals surface area contributed by atoms with E-state index in [0.29, 0.717) is 6.61 Å². The van der Waals surface area contributed by atoms with Crippen molar-refractivity contribution in [3.8, 4) is 17.0 Å². The van der Waals surface area contributed by atoms with E-state index in [2.05, 4.69) is 52.2 Å². The highest BCUT2D eigenvalue weighted by Crippen LogP contribution is 2.37. The molecule has 0 saturated carbocycles. The van der Waals surface area contributed by atoms with Crippen LogP contribution in [0.4, 0.5) is 0 Å². The number of benzene rings is 2. The molecule has 3 heterocycles. The van der Waals surface area contributed by atoms with Gasteiger partial charge in [-0.3, -0.25) is 9.58 Å². The Labute approximate surface area is 166 Å². The van der Waals surface area contributed by atoms with Crippen LogP contribution < -0.4 is 4.74 Å². The normalized spacial score (nSPS) is 21.3. The summed E-state index contributed by atoms with van der Waals surface area (Å²) in [4.78, 5) is 2.70. The largest absolute Gasteiger partial charge is 0.471 e. The van der Waals surface area contributed by atoms with Gasteiger partial charge in [-0.25, -0.2) is 0 Å². The fourth-order valence-electron chi connectivity index (χ4n) is 4.77. The Hall–Kier alpha value is -2.59. The van der Waals surface area contributed by atoms with Crippen LogP contribution >= 0.6 is 0 Å². The molecule has 3 aromatic rings. The number of rotatable bonds is 7. The first-order valence-corrected chi connectivity index (χ1v) is 10.4. The molecule has 144 valence electrons. The molecular formula is C24H27N3O. The van der Waals surface area contributed by atoms with E-state index in [9.17, 15) is 0 Å². The van der Waals surface area contributed by atoms with Crippen molar-refractivity contribution >= 4 is 0 Å². The molecule has 0 aliphatic carbocycles. The summed E-state index contributed by atoms with van der Waals surface area (Å²) in [6, 6.07) is 22.3. The molecule has 0 radical (unpaired) electrons. The van der Waals surface area contributed by atoms with Gasteiger partial charge in [-0.05, 0) is 36.8 Å². The minimum atomic E-state index is 0.536. The Balaban J connectivity index is 1.34. The van der Waals surface area contributed by atoms with Crippen LogP contribution in [0.1, 0.15) is 31.2 Å². The maximum Gasteiger partial charge on any atom is 0.241 e. The van der Waals surface area contributed by atoms with E-state index in [4.69, 9.17) is 9.84 Å². The molecule has 2 saturated heterocycles. The van der Waals surface area contributed by atoms with Crippen molar-refractivity contribution in [3.63, 3.8) is 0 Å². The average molecular weight is 374 g/mol. The summed E-state index contributed by atoms with van der Waals surface area (Å²) < 4.78 is 8.21. The lowest BCUT2D eigenvalue weighted by molar-refractivity contribution is 0.236. The van der Waals surface area contributed by atoms with Crippen LogP contribution in [0.15, 0.2) is 66.9 Å². The van der Waals surface area contributed by atoms with E-state index in [0.717, 1.165) is 47.7 Å². The van der Waals surface area contributed by atoms with Crippen LogP contribution in [0.5, 0.6) is 5.88 Å². The van der Waals surface area contributed by atoms with Gasteiger partial charge in [0.25, 0.3) is 0 Å². The molecule has 2 aliphatic heterocycles. The molecule has 0 N–H and O–H groups in total. The van der Waals surface area contributed by atoms with Crippen molar-refractivity contribution in [1.82, 2.24) is 14.7 Å². The van der Waals surface area contributed by atoms with Gasteiger partial charge in [-0.2, -0.15) is 0 Å². The molecule has 0 unspecified atom stereocenters. The zero-order chi connectivity index (χ0) is 18.8. The topological polar surface area (TPSA) is 30.3 Å². The van der Waals surface area contributed by atoms with Gasteiger partial charge in [0.1, 0.15) is 6.61 Å². The lowest BCUT2D eigenvalue weighted by atomic mass is 10.0. The highest BCUT2D eigenvalue weighted by molar-refractivity contribution is 5.67. The molecule has 0 atom stereocenters. The van der Waals surface area contributed by atoms with Gasteiger partial charge in [-0.1, -0.05) is 60.7 Å². The quantitative estimate of drug-likeness (QED) is 0.598. The molecule has 2 bridgehead atoms. The second-order valence-electron chi connectivity index (χ2n) is 7.95. The molecule has 4 nitrogen and oxygen atoms in total. The molecule has 2 aromatic carbocycles. The summed E-state index contributed by atoms with van der Waals surface area (Å²) in [6.07, 6.45) is 7.66. The zero-order valence-corrected chi connectivity index (χ0v) is 16.2. The molecule has 0 spiro atoms. The summed E-state index contributed by atoms with van der Waals surface area (Å²) in [6.45, 7) is 2.54. The van der Waals surface area contributed by atoms with E-state index in [1.807, 2.05) is 24.3 Å². The average Bonchev–Trinajstić information content (AvgIpc) is 3.46. The Bertz CT molecular complexity index is 886. The van der Waals surface area contributed by atoms with Crippen LogP contribution in [0.25, 0.3) is 11.1 Å². The Morgan fingerprint density at radius 2 is 1.46 bits per heavy atom. The van der Waals surface area contributed by atoms with Crippen LogP contribution in [-0.4, -0.2) is 33.3 Å². The SMILES string of the molecule is c1ccc(COc2nn(CCN3C4CCC3CC4)cc2-c2ccccc2)cc1. The third-order valence-corrected chi connectivity index (χ3v) is 6.22. The van der Waals surface area contributed by atoms with E-state index in [1.165, 1.54) is 25.7 Å². The van der Waals surface area contributed by atoms with Crippen LogP contribution in [0.2, 0.25) is 0 Å². The van der Waals surface area contributed by atoms with Gasteiger partial charge >= 0.3 is 0 Å². The Morgan fingerprint density at radius 3 is 2.14 bits per heavy atom. The predicted octanol–water partition coefficient (Wildman–Crippen LogP) is 4.76. The maximum atomic E-state index is 6.14. The molecule has 2 fully saturated rings. The highest BCUT2D eigenvalue weighted by Gasteiger charge is 2.38. The maximum absolute atomic E-state index is 6.14. The third-order valence-electron chi connectivity index (χ3n) is 6.22. The lowest BCUT2D eigenvalue weighted by Gasteiger charge is -2.21. The van der Waals surface area contributed by atoms with Crippen molar-refractivity contribution in [2.75, 3.05) is 6.54 Å². The van der Waals surface area contributed by atoms with Crippen molar-refractivity contribution in [1.29, 1.82) is 0 Å². The van der Waals surface area contributed by atoms with Gasteiger partial charge < -0.3 is 4.74 Å². The molecule has 28 heavy (non-hydrogen) atoms. The van der Waals surface area contributed by atoms with E-state index >= 15 is 0 Å². The molecule has 2 aliphatic rings. The lowest BCUT2D eigenvalue weighted by Crippen LogP contribution is -2.31. The highest BCUT2D eigenvalue weighted by atomic mass is 16.5. The first-order chi connectivity index (χ1) is 13.9. The summed E-state index contributed by atoms with van der Waals surface area (Å²) in [5, 5.41) is 4.80. The molecular weight excluding hydrogens is 346 g/mol. The second kappa shape index (κ2) is 7.80. The summed E-state index contributed by atoms with van der Waals surface area (Å²) in [5.41, 5.74) is 3.38. The van der Waals surface area contributed by atoms with E-state index in [-0.39, 0.29) is 0 Å². The molecule has 1 aromatic heterocycles. The summed E-state index contributed by atoms with van der Waals surface area (Å²) >= 11 is 0. The van der Waals surface area contributed by atoms with E-state index < -0.39 is 0 Å². The Kier molecular flexibility index (Phi) is 4.88. The Morgan fingerprint density at radius 1 is 0.821 bits per heavy atom. The first kappa shape index (κ1) is 17.5. The van der Waals surface area contributed by atoms with Crippen molar-refractivity contribution in [2.45, 2.75) is 50.9 Å². The smallest absolute Gasteiger partial charge is 0.241 e. The number of hydrogen-bond donors (Lipinski definition) is 0. The van der Waals surface area contributed by atoms with Crippen molar-refractivity contribution in [3.05, 3.63) is 72.4 Å². The fourth-order valence-corrected chi connectivity index (χ4v) is 4.77. The number of fused-ring (bicyclic) bond motifs is 2. The van der Waals surface area contributed by atoms with Gasteiger partial charge in [0, 0.05) is 24.8 Å². The number of ether oxygens (including phenoxy) is 1. The zero-order valence-electron chi connectivity index (χ0n) is 16.2. The summed E-state index contributed by atoms with van der Waals surface area (Å²) in [5.74, 6) is 0.722. The molecule has 5 rings (SSSR count).